The number of carbonyl (C=O) groups is 4. The number of fused-ring (bicyclic) bond motifs is 1. The molecule has 246 valence electrons. The molecule has 3 aromatic rings. The number of guanidine groups is 1. The lowest BCUT2D eigenvalue weighted by atomic mass is 10.0. The fourth-order valence-corrected chi connectivity index (χ4v) is 4.59. The van der Waals surface area contributed by atoms with E-state index < -0.39 is 67.5 Å². The van der Waals surface area contributed by atoms with Gasteiger partial charge in [-0.1, -0.05) is 15.9 Å². The Balaban J connectivity index is 1.48. The second-order valence-electron chi connectivity index (χ2n) is 9.51. The minimum Gasteiger partial charge on any atom is -0.435 e. The van der Waals surface area contributed by atoms with Gasteiger partial charge >= 0.3 is 24.7 Å². The van der Waals surface area contributed by atoms with Gasteiger partial charge in [-0.15, -0.1) is 0 Å². The van der Waals surface area contributed by atoms with Gasteiger partial charge in [0.2, 0.25) is 5.91 Å². The van der Waals surface area contributed by atoms with Crippen LogP contribution < -0.4 is 26.0 Å². The first kappa shape index (κ1) is 34.0. The second kappa shape index (κ2) is 14.5. The average Bonchev–Trinajstić information content (AvgIpc) is 3.45. The number of benzene rings is 2. The van der Waals surface area contributed by atoms with Crippen LogP contribution in [0.4, 0.5) is 32.0 Å². The Morgan fingerprint density at radius 2 is 1.87 bits per heavy atom. The highest BCUT2D eigenvalue weighted by molar-refractivity contribution is 9.10. The Morgan fingerprint density at radius 1 is 1.11 bits per heavy atom. The predicted octanol–water partition coefficient (Wildman–Crippen LogP) is 3.25. The van der Waals surface area contributed by atoms with Crippen molar-refractivity contribution in [1.82, 2.24) is 26.1 Å². The Labute approximate surface area is 262 Å². The third-order valence-electron chi connectivity index (χ3n) is 6.09. The lowest BCUT2D eigenvalue weighted by Crippen LogP contribution is -2.41. The molecule has 20 heteroatoms. The molecular weight excluding hydrogens is 700 g/mol. The first-order valence-electron chi connectivity index (χ1n) is 13.0. The Hall–Kier alpha value is -4.88. The Bertz CT molecular complexity index is 1670. The molecule has 2 atom stereocenters. The molecule has 2 heterocycles. The molecule has 46 heavy (non-hydrogen) atoms. The van der Waals surface area contributed by atoms with Crippen molar-refractivity contribution < 1.29 is 55.0 Å². The first-order valence-corrected chi connectivity index (χ1v) is 13.8. The van der Waals surface area contributed by atoms with Crippen molar-refractivity contribution in [3.8, 4) is 5.75 Å². The van der Waals surface area contributed by atoms with E-state index in [1.165, 1.54) is 24.4 Å². The molecule has 0 fully saturated rings. The summed E-state index contributed by atoms with van der Waals surface area (Å²) >= 11 is 3.05. The van der Waals surface area contributed by atoms with Crippen LogP contribution >= 0.6 is 15.9 Å². The Kier molecular flexibility index (Phi) is 10.7. The third kappa shape index (κ3) is 9.31. The van der Waals surface area contributed by atoms with E-state index in [9.17, 15) is 45.5 Å². The van der Waals surface area contributed by atoms with Crippen LogP contribution in [0.15, 0.2) is 46.0 Å². The van der Waals surface area contributed by atoms with E-state index in [4.69, 9.17) is 0 Å². The lowest BCUT2D eigenvalue weighted by molar-refractivity contribution is -0.202. The van der Waals surface area contributed by atoms with Gasteiger partial charge in [-0.25, -0.2) is 14.2 Å². The highest BCUT2D eigenvalue weighted by atomic mass is 79.9. The minimum atomic E-state index is -5.49. The number of hydrogen-bond donors (Lipinski definition) is 5. The summed E-state index contributed by atoms with van der Waals surface area (Å²) < 4.78 is 85.0. The van der Waals surface area contributed by atoms with Crippen molar-refractivity contribution in [2.45, 2.75) is 31.4 Å². The molecule has 0 saturated heterocycles. The van der Waals surface area contributed by atoms with Crippen LogP contribution in [0.25, 0.3) is 10.9 Å². The number of anilines is 1. The summed E-state index contributed by atoms with van der Waals surface area (Å²) in [6.07, 6.45) is -6.22. The highest BCUT2D eigenvalue weighted by Crippen LogP contribution is 2.29. The summed E-state index contributed by atoms with van der Waals surface area (Å²) in [6, 6.07) is 4.66. The van der Waals surface area contributed by atoms with Gasteiger partial charge in [-0.3, -0.25) is 19.5 Å². The average molecular weight is 722 g/mol. The number of rotatable bonds is 10. The number of aromatic nitrogens is 2. The number of esters is 2. The minimum absolute atomic E-state index is 0.0213. The van der Waals surface area contributed by atoms with E-state index in [2.05, 4.69) is 61.9 Å². The van der Waals surface area contributed by atoms with Crippen molar-refractivity contribution in [2.24, 2.45) is 4.99 Å². The molecular formula is C26H22BrF6N7O6. The molecule has 0 spiro atoms. The third-order valence-corrected chi connectivity index (χ3v) is 6.54. The van der Waals surface area contributed by atoms with Crippen LogP contribution in [0.3, 0.4) is 0 Å². The molecule has 1 aromatic heterocycles. The number of ether oxygens (including phenoxy) is 2. The molecule has 2 amide bonds. The molecule has 2 aromatic carbocycles. The summed E-state index contributed by atoms with van der Waals surface area (Å²) in [6.45, 7) is -4.04. The smallest absolute Gasteiger partial charge is 0.435 e. The van der Waals surface area contributed by atoms with Crippen LogP contribution in [-0.4, -0.2) is 78.5 Å². The number of nitrogens with zero attached hydrogens (tertiary/aromatic N) is 2. The maximum Gasteiger partial charge on any atom is 0.491 e. The fourth-order valence-electron chi connectivity index (χ4n) is 4.10. The zero-order chi connectivity index (χ0) is 33.6. The maximum atomic E-state index is 13.4. The molecule has 1 aliphatic heterocycles. The first-order chi connectivity index (χ1) is 21.7. The predicted molar refractivity (Wildman–Crippen MR) is 151 cm³/mol. The van der Waals surface area contributed by atoms with Crippen LogP contribution in [-0.2, 0) is 19.1 Å². The number of aromatic amines is 1. The van der Waals surface area contributed by atoms with E-state index in [1.54, 1.807) is 0 Å². The number of amides is 2. The SMILES string of the molecule is O=C(CNC(=O)c1cc(NC2=NCC(F)CN2)c2cn[nH]c2c1)N[C@@H](CC(=O)OC(=O)C(F)(F)F)c1cc(Br)cc(OC(F)F)c1. The second-order valence-corrected chi connectivity index (χ2v) is 10.4. The van der Waals surface area contributed by atoms with Crippen molar-refractivity contribution in [2.75, 3.05) is 25.0 Å². The van der Waals surface area contributed by atoms with Gasteiger partial charge in [0.25, 0.3) is 5.91 Å². The largest absolute Gasteiger partial charge is 0.491 e. The molecule has 0 radical (unpaired) electrons. The molecule has 13 nitrogen and oxygen atoms in total. The van der Waals surface area contributed by atoms with Crippen molar-refractivity contribution >= 4 is 62.2 Å². The summed E-state index contributed by atoms with van der Waals surface area (Å²) in [5.74, 6) is -6.40. The topological polar surface area (TPSA) is 176 Å². The number of halogens is 7. The van der Waals surface area contributed by atoms with Crippen molar-refractivity contribution in [1.29, 1.82) is 0 Å². The zero-order valence-electron chi connectivity index (χ0n) is 23.0. The van der Waals surface area contributed by atoms with Gasteiger partial charge in [0.15, 0.2) is 5.96 Å². The molecule has 5 N–H and O–H groups in total. The van der Waals surface area contributed by atoms with Crippen LogP contribution in [0.1, 0.15) is 28.4 Å². The van der Waals surface area contributed by atoms with E-state index in [1.807, 2.05) is 0 Å². The standard InChI is InChI=1S/C26H22BrF6N7O6/c27-13-1-11(2-15(5-13)45-24(29)30)17(6-21(42)46-23(44)26(31,32)33)38-20(41)10-34-22(43)12-3-18(16-9-37-40-19(16)4-12)39-25-35-7-14(28)8-36-25/h1-5,9,14,17,24H,6-8,10H2,(H,34,43)(H,37,40)(H,38,41)(H2,35,36,39)/t17-/m0/s1. The van der Waals surface area contributed by atoms with E-state index in [0.717, 1.165) is 12.1 Å². The molecule has 0 saturated carbocycles. The number of hydrogen-bond acceptors (Lipinski definition) is 10. The normalized spacial score (nSPS) is 15.4. The quantitative estimate of drug-likeness (QED) is 0.120. The molecule has 4 rings (SSSR count). The van der Waals surface area contributed by atoms with E-state index in [0.29, 0.717) is 16.6 Å². The van der Waals surface area contributed by atoms with Gasteiger partial charge in [-0.2, -0.15) is 27.1 Å². The van der Waals surface area contributed by atoms with Crippen LogP contribution in [0, 0.1) is 0 Å². The number of nitrogens with one attached hydrogen (secondary N) is 5. The lowest BCUT2D eigenvalue weighted by Gasteiger charge is -2.20. The summed E-state index contributed by atoms with van der Waals surface area (Å²) in [5.41, 5.74) is 0.730. The molecule has 1 aliphatic rings. The number of aliphatic imine (C=N–C) groups is 1. The van der Waals surface area contributed by atoms with Gasteiger partial charge < -0.3 is 30.7 Å². The number of carbonyl (C=O) groups excluding carboxylic acids is 4. The van der Waals surface area contributed by atoms with Crippen LogP contribution in [0.5, 0.6) is 5.75 Å². The molecule has 0 aliphatic carbocycles. The molecule has 0 bridgehead atoms. The molecule has 1 unspecified atom stereocenters. The number of H-pyrrole nitrogens is 1. The van der Waals surface area contributed by atoms with E-state index >= 15 is 0 Å². The Morgan fingerprint density at radius 3 is 2.54 bits per heavy atom. The summed E-state index contributed by atoms with van der Waals surface area (Å²) in [4.78, 5) is 53.1. The van der Waals surface area contributed by atoms with Crippen LogP contribution in [0.2, 0.25) is 0 Å². The summed E-state index contributed by atoms with van der Waals surface area (Å²) in [7, 11) is 0. The van der Waals surface area contributed by atoms with Gasteiger partial charge in [0, 0.05) is 15.4 Å². The van der Waals surface area contributed by atoms with E-state index in [-0.39, 0.29) is 34.6 Å². The number of alkyl halides is 6. The van der Waals surface area contributed by atoms with Gasteiger partial charge in [0.05, 0.1) is 49.5 Å². The zero-order valence-corrected chi connectivity index (χ0v) is 24.6. The maximum absolute atomic E-state index is 13.4. The van der Waals surface area contributed by atoms with Gasteiger partial charge in [-0.05, 0) is 35.9 Å². The highest BCUT2D eigenvalue weighted by Gasteiger charge is 2.42. The fraction of sp³-hybridized carbons (Fsp3) is 0.308. The van der Waals surface area contributed by atoms with Crippen molar-refractivity contribution in [3.63, 3.8) is 0 Å². The van der Waals surface area contributed by atoms with Crippen molar-refractivity contribution in [3.05, 3.63) is 52.1 Å². The monoisotopic (exact) mass is 721 g/mol. The van der Waals surface area contributed by atoms with Gasteiger partial charge in [0.1, 0.15) is 11.9 Å². The summed E-state index contributed by atoms with van der Waals surface area (Å²) in [5, 5.41) is 17.5.